The van der Waals surface area contributed by atoms with E-state index in [2.05, 4.69) is 59.0 Å². The van der Waals surface area contributed by atoms with Crippen molar-refractivity contribution in [3.63, 3.8) is 0 Å². The van der Waals surface area contributed by atoms with Crippen molar-refractivity contribution in [3.05, 3.63) is 34.4 Å². The molecular formula is C16H27N. The van der Waals surface area contributed by atoms with Crippen LogP contribution < -0.4 is 5.32 Å². The highest BCUT2D eigenvalue weighted by Gasteiger charge is 2.15. The van der Waals surface area contributed by atoms with Crippen LogP contribution in [0, 0.1) is 20.8 Å². The molecule has 1 rings (SSSR count). The second kappa shape index (κ2) is 5.68. The molecule has 0 radical (unpaired) electrons. The minimum absolute atomic E-state index is 0.236. The van der Waals surface area contributed by atoms with Crippen LogP contribution >= 0.6 is 0 Å². The van der Waals surface area contributed by atoms with E-state index in [0.717, 1.165) is 6.54 Å². The van der Waals surface area contributed by atoms with Gasteiger partial charge in [-0.25, -0.2) is 0 Å². The van der Waals surface area contributed by atoms with Crippen molar-refractivity contribution in [2.24, 2.45) is 0 Å². The van der Waals surface area contributed by atoms with Crippen molar-refractivity contribution in [1.82, 2.24) is 5.32 Å². The standard InChI is InChI=1S/C16H27N/c1-7-8-16(5,6)17-11-15-10-13(3)12(2)9-14(15)4/h9-10,17H,7-8,11H2,1-6H3. The van der Waals surface area contributed by atoms with Gasteiger partial charge in [-0.2, -0.15) is 0 Å². The Morgan fingerprint density at radius 1 is 1.00 bits per heavy atom. The monoisotopic (exact) mass is 233 g/mol. The van der Waals surface area contributed by atoms with E-state index in [0.29, 0.717) is 0 Å². The van der Waals surface area contributed by atoms with Gasteiger partial charge in [0, 0.05) is 12.1 Å². The maximum atomic E-state index is 3.66. The molecule has 1 heteroatoms. The summed E-state index contributed by atoms with van der Waals surface area (Å²) in [5.41, 5.74) is 5.84. The van der Waals surface area contributed by atoms with Crippen LogP contribution in [-0.2, 0) is 6.54 Å². The summed E-state index contributed by atoms with van der Waals surface area (Å²) in [6, 6.07) is 4.61. The summed E-state index contributed by atoms with van der Waals surface area (Å²) in [5.74, 6) is 0. The topological polar surface area (TPSA) is 12.0 Å². The molecule has 0 spiro atoms. The first-order valence-corrected chi connectivity index (χ1v) is 6.67. The van der Waals surface area contributed by atoms with Crippen molar-refractivity contribution in [2.45, 2.75) is 66.5 Å². The fourth-order valence-electron chi connectivity index (χ4n) is 2.26. The average Bonchev–Trinajstić information content (AvgIpc) is 2.21. The van der Waals surface area contributed by atoms with Crippen LogP contribution in [0.1, 0.15) is 55.9 Å². The highest BCUT2D eigenvalue weighted by Crippen LogP contribution is 2.17. The third kappa shape index (κ3) is 4.16. The molecule has 0 unspecified atom stereocenters. The number of hydrogen-bond donors (Lipinski definition) is 1. The van der Waals surface area contributed by atoms with Gasteiger partial charge in [0.2, 0.25) is 0 Å². The van der Waals surface area contributed by atoms with E-state index >= 15 is 0 Å². The molecular weight excluding hydrogens is 206 g/mol. The fourth-order valence-corrected chi connectivity index (χ4v) is 2.26. The smallest absolute Gasteiger partial charge is 0.0213 e. The van der Waals surface area contributed by atoms with Crippen LogP contribution in [0.3, 0.4) is 0 Å². The average molecular weight is 233 g/mol. The normalized spacial score (nSPS) is 11.9. The number of benzene rings is 1. The van der Waals surface area contributed by atoms with E-state index in [4.69, 9.17) is 0 Å². The van der Waals surface area contributed by atoms with E-state index < -0.39 is 0 Å². The molecule has 0 saturated heterocycles. The zero-order valence-corrected chi connectivity index (χ0v) is 12.3. The molecule has 96 valence electrons. The zero-order chi connectivity index (χ0) is 13.1. The number of hydrogen-bond acceptors (Lipinski definition) is 1. The first kappa shape index (κ1) is 14.2. The zero-order valence-electron chi connectivity index (χ0n) is 12.3. The molecule has 0 amide bonds. The fraction of sp³-hybridized carbons (Fsp3) is 0.625. The van der Waals surface area contributed by atoms with E-state index in [9.17, 15) is 0 Å². The molecule has 0 aliphatic heterocycles. The molecule has 0 aliphatic carbocycles. The van der Waals surface area contributed by atoms with Gasteiger partial charge in [0.1, 0.15) is 0 Å². The van der Waals surface area contributed by atoms with Crippen molar-refractivity contribution < 1.29 is 0 Å². The minimum Gasteiger partial charge on any atom is -0.308 e. The van der Waals surface area contributed by atoms with E-state index in [1.165, 1.54) is 35.1 Å². The van der Waals surface area contributed by atoms with Crippen LogP contribution in [0.2, 0.25) is 0 Å². The van der Waals surface area contributed by atoms with Crippen molar-refractivity contribution in [3.8, 4) is 0 Å². The summed E-state index contributed by atoms with van der Waals surface area (Å²) in [5, 5.41) is 3.66. The molecule has 0 saturated carbocycles. The molecule has 0 bridgehead atoms. The largest absolute Gasteiger partial charge is 0.308 e. The van der Waals surface area contributed by atoms with E-state index in [-0.39, 0.29) is 5.54 Å². The minimum atomic E-state index is 0.236. The van der Waals surface area contributed by atoms with Gasteiger partial charge in [0.15, 0.2) is 0 Å². The van der Waals surface area contributed by atoms with Gasteiger partial charge in [-0.3, -0.25) is 0 Å². The van der Waals surface area contributed by atoms with E-state index in [1.807, 2.05) is 0 Å². The maximum absolute atomic E-state index is 3.66. The van der Waals surface area contributed by atoms with Crippen LogP contribution in [0.15, 0.2) is 12.1 Å². The third-order valence-corrected chi connectivity index (χ3v) is 3.58. The molecule has 0 heterocycles. The second-order valence-electron chi connectivity index (χ2n) is 5.85. The number of rotatable bonds is 5. The van der Waals surface area contributed by atoms with Crippen LogP contribution in [-0.4, -0.2) is 5.54 Å². The van der Waals surface area contributed by atoms with Gasteiger partial charge >= 0.3 is 0 Å². The SMILES string of the molecule is CCCC(C)(C)NCc1cc(C)c(C)cc1C. The van der Waals surface area contributed by atoms with Gasteiger partial charge in [-0.1, -0.05) is 25.5 Å². The van der Waals surface area contributed by atoms with Crippen LogP contribution in [0.5, 0.6) is 0 Å². The molecule has 17 heavy (non-hydrogen) atoms. The Hall–Kier alpha value is -0.820. The quantitative estimate of drug-likeness (QED) is 0.800. The predicted octanol–water partition coefficient (Wildman–Crippen LogP) is 4.28. The lowest BCUT2D eigenvalue weighted by Crippen LogP contribution is -2.38. The first-order chi connectivity index (χ1) is 7.85. The van der Waals surface area contributed by atoms with Crippen molar-refractivity contribution >= 4 is 0 Å². The Kier molecular flexibility index (Phi) is 4.76. The Morgan fingerprint density at radius 3 is 2.18 bits per heavy atom. The summed E-state index contributed by atoms with van der Waals surface area (Å²) in [6.45, 7) is 14.4. The summed E-state index contributed by atoms with van der Waals surface area (Å²) in [4.78, 5) is 0. The Labute approximate surface area is 107 Å². The lowest BCUT2D eigenvalue weighted by molar-refractivity contribution is 0.356. The highest BCUT2D eigenvalue weighted by atomic mass is 14.9. The van der Waals surface area contributed by atoms with Gasteiger partial charge in [-0.15, -0.1) is 0 Å². The predicted molar refractivity (Wildman–Crippen MR) is 76.5 cm³/mol. The highest BCUT2D eigenvalue weighted by molar-refractivity contribution is 5.36. The summed E-state index contributed by atoms with van der Waals surface area (Å²) < 4.78 is 0. The summed E-state index contributed by atoms with van der Waals surface area (Å²) >= 11 is 0. The number of aryl methyl sites for hydroxylation is 3. The molecule has 1 aromatic rings. The lowest BCUT2D eigenvalue weighted by Gasteiger charge is -2.26. The molecule has 1 N–H and O–H groups in total. The summed E-state index contributed by atoms with van der Waals surface area (Å²) in [6.07, 6.45) is 2.45. The first-order valence-electron chi connectivity index (χ1n) is 6.67. The van der Waals surface area contributed by atoms with Gasteiger partial charge in [-0.05, 0) is 63.3 Å². The molecule has 0 aliphatic rings. The van der Waals surface area contributed by atoms with Crippen LogP contribution in [0.25, 0.3) is 0 Å². The van der Waals surface area contributed by atoms with Gasteiger partial charge in [0.25, 0.3) is 0 Å². The van der Waals surface area contributed by atoms with Gasteiger partial charge in [0.05, 0.1) is 0 Å². The van der Waals surface area contributed by atoms with Gasteiger partial charge < -0.3 is 5.32 Å². The molecule has 0 atom stereocenters. The Morgan fingerprint density at radius 2 is 1.59 bits per heavy atom. The summed E-state index contributed by atoms with van der Waals surface area (Å²) in [7, 11) is 0. The van der Waals surface area contributed by atoms with Crippen molar-refractivity contribution in [2.75, 3.05) is 0 Å². The molecule has 0 aromatic heterocycles. The molecule has 1 nitrogen and oxygen atoms in total. The Balaban J connectivity index is 2.73. The van der Waals surface area contributed by atoms with Crippen LogP contribution in [0.4, 0.5) is 0 Å². The second-order valence-corrected chi connectivity index (χ2v) is 5.85. The molecule has 0 fully saturated rings. The Bertz CT molecular complexity index is 377. The third-order valence-electron chi connectivity index (χ3n) is 3.58. The molecule has 1 aromatic carbocycles. The maximum Gasteiger partial charge on any atom is 0.0213 e. The van der Waals surface area contributed by atoms with E-state index in [1.54, 1.807) is 0 Å². The number of nitrogens with one attached hydrogen (secondary N) is 1. The lowest BCUT2D eigenvalue weighted by atomic mass is 9.96. The van der Waals surface area contributed by atoms with Crippen molar-refractivity contribution in [1.29, 1.82) is 0 Å².